The molecule has 1 heterocycles. The molecule has 0 bridgehead atoms. The SMILES string of the molecule is COCCN(CCBr)C(=O)Cc1noc2ccccc12. The fourth-order valence-electron chi connectivity index (χ4n) is 1.99. The molecule has 0 atom stereocenters. The van der Waals surface area contributed by atoms with Gasteiger partial charge in [-0.25, -0.2) is 0 Å². The Hall–Kier alpha value is -1.40. The predicted octanol–water partition coefficient (Wildman–Crippen LogP) is 2.24. The van der Waals surface area contributed by atoms with E-state index in [1.165, 1.54) is 0 Å². The van der Waals surface area contributed by atoms with Gasteiger partial charge >= 0.3 is 0 Å². The minimum atomic E-state index is 0.0283. The zero-order valence-corrected chi connectivity index (χ0v) is 12.9. The lowest BCUT2D eigenvalue weighted by atomic mass is 10.1. The van der Waals surface area contributed by atoms with Crippen molar-refractivity contribution in [2.24, 2.45) is 0 Å². The first-order valence-corrected chi connectivity index (χ1v) is 7.54. The number of hydrogen-bond acceptors (Lipinski definition) is 4. The Morgan fingerprint density at radius 3 is 2.95 bits per heavy atom. The van der Waals surface area contributed by atoms with E-state index in [1.807, 2.05) is 24.3 Å². The topological polar surface area (TPSA) is 55.6 Å². The summed E-state index contributed by atoms with van der Waals surface area (Å²) in [6.45, 7) is 1.76. The van der Waals surface area contributed by atoms with Crippen LogP contribution in [0.3, 0.4) is 0 Å². The van der Waals surface area contributed by atoms with E-state index in [9.17, 15) is 4.79 Å². The van der Waals surface area contributed by atoms with Crippen LogP contribution in [0.1, 0.15) is 5.69 Å². The monoisotopic (exact) mass is 340 g/mol. The van der Waals surface area contributed by atoms with E-state index in [0.717, 1.165) is 10.7 Å². The smallest absolute Gasteiger partial charge is 0.228 e. The summed E-state index contributed by atoms with van der Waals surface area (Å²) in [6, 6.07) is 7.55. The number of para-hydroxylation sites is 1. The molecule has 0 aliphatic carbocycles. The van der Waals surface area contributed by atoms with Gasteiger partial charge in [0.1, 0.15) is 5.69 Å². The number of halogens is 1. The van der Waals surface area contributed by atoms with Gasteiger partial charge < -0.3 is 14.2 Å². The molecule has 0 unspecified atom stereocenters. The summed E-state index contributed by atoms with van der Waals surface area (Å²) in [5.74, 6) is 0.0283. The molecule has 0 aliphatic heterocycles. The average Bonchev–Trinajstić information content (AvgIpc) is 2.87. The molecular formula is C14H17BrN2O3. The minimum Gasteiger partial charge on any atom is -0.383 e. The molecule has 6 heteroatoms. The maximum absolute atomic E-state index is 12.3. The molecule has 0 aliphatic rings. The van der Waals surface area contributed by atoms with Gasteiger partial charge in [0.05, 0.1) is 13.0 Å². The zero-order chi connectivity index (χ0) is 14.4. The van der Waals surface area contributed by atoms with Crippen molar-refractivity contribution >= 4 is 32.8 Å². The van der Waals surface area contributed by atoms with E-state index in [0.29, 0.717) is 31.0 Å². The number of alkyl halides is 1. The van der Waals surface area contributed by atoms with Gasteiger partial charge in [0, 0.05) is 30.9 Å². The van der Waals surface area contributed by atoms with Crippen molar-refractivity contribution in [1.82, 2.24) is 10.1 Å². The van der Waals surface area contributed by atoms with Crippen molar-refractivity contribution in [3.05, 3.63) is 30.0 Å². The normalized spacial score (nSPS) is 10.9. The van der Waals surface area contributed by atoms with Crippen LogP contribution in [-0.2, 0) is 16.0 Å². The summed E-state index contributed by atoms with van der Waals surface area (Å²) in [6.07, 6.45) is 0.244. The van der Waals surface area contributed by atoms with Crippen molar-refractivity contribution < 1.29 is 14.1 Å². The molecule has 0 saturated carbocycles. The van der Waals surface area contributed by atoms with Gasteiger partial charge in [-0.15, -0.1) is 0 Å². The van der Waals surface area contributed by atoms with E-state index in [4.69, 9.17) is 9.26 Å². The van der Waals surface area contributed by atoms with Crippen LogP contribution >= 0.6 is 15.9 Å². The number of carbonyl (C=O) groups excluding carboxylic acids is 1. The third-order valence-corrected chi connectivity index (χ3v) is 3.40. The van der Waals surface area contributed by atoms with Crippen molar-refractivity contribution in [3.8, 4) is 0 Å². The number of carbonyl (C=O) groups is 1. The van der Waals surface area contributed by atoms with E-state index in [2.05, 4.69) is 21.1 Å². The maximum Gasteiger partial charge on any atom is 0.228 e. The van der Waals surface area contributed by atoms with E-state index >= 15 is 0 Å². The highest BCUT2D eigenvalue weighted by Gasteiger charge is 2.17. The summed E-state index contributed by atoms with van der Waals surface area (Å²) >= 11 is 3.36. The van der Waals surface area contributed by atoms with Crippen LogP contribution in [0.2, 0.25) is 0 Å². The fraction of sp³-hybridized carbons (Fsp3) is 0.429. The first kappa shape index (κ1) is 15.0. The molecule has 5 nitrogen and oxygen atoms in total. The number of nitrogens with zero attached hydrogens (tertiary/aromatic N) is 2. The van der Waals surface area contributed by atoms with Gasteiger partial charge in [-0.3, -0.25) is 4.79 Å². The number of aromatic nitrogens is 1. The summed E-state index contributed by atoms with van der Waals surface area (Å²) in [5, 5.41) is 5.63. The first-order chi connectivity index (χ1) is 9.76. The first-order valence-electron chi connectivity index (χ1n) is 6.42. The molecule has 0 fully saturated rings. The molecule has 1 aromatic heterocycles. The van der Waals surface area contributed by atoms with Gasteiger partial charge in [0.25, 0.3) is 0 Å². The number of methoxy groups -OCH3 is 1. The van der Waals surface area contributed by atoms with Crippen LogP contribution < -0.4 is 0 Å². The molecule has 0 N–H and O–H groups in total. The highest BCUT2D eigenvalue weighted by Crippen LogP contribution is 2.18. The second kappa shape index (κ2) is 7.40. The lowest BCUT2D eigenvalue weighted by Gasteiger charge is -2.20. The van der Waals surface area contributed by atoms with E-state index in [-0.39, 0.29) is 12.3 Å². The van der Waals surface area contributed by atoms with Gasteiger partial charge in [0.15, 0.2) is 5.58 Å². The molecule has 0 saturated heterocycles. The Balaban J connectivity index is 2.08. The largest absolute Gasteiger partial charge is 0.383 e. The number of hydrogen-bond donors (Lipinski definition) is 0. The summed E-state index contributed by atoms with van der Waals surface area (Å²) in [5.41, 5.74) is 1.39. The molecule has 0 spiro atoms. The highest BCUT2D eigenvalue weighted by molar-refractivity contribution is 9.09. The Labute approximate surface area is 126 Å². The van der Waals surface area contributed by atoms with E-state index in [1.54, 1.807) is 12.0 Å². The number of fused-ring (bicyclic) bond motifs is 1. The Kier molecular flexibility index (Phi) is 5.55. The Morgan fingerprint density at radius 2 is 2.20 bits per heavy atom. The van der Waals surface area contributed by atoms with Gasteiger partial charge in [-0.1, -0.05) is 33.2 Å². The number of rotatable bonds is 7. The molecular weight excluding hydrogens is 324 g/mol. The van der Waals surface area contributed by atoms with Crippen LogP contribution in [0, 0.1) is 0 Å². The lowest BCUT2D eigenvalue weighted by molar-refractivity contribution is -0.130. The van der Waals surface area contributed by atoms with Crippen LogP contribution in [0.15, 0.2) is 28.8 Å². The Morgan fingerprint density at radius 1 is 1.40 bits per heavy atom. The highest BCUT2D eigenvalue weighted by atomic mass is 79.9. The molecule has 20 heavy (non-hydrogen) atoms. The third-order valence-electron chi connectivity index (χ3n) is 3.04. The molecule has 108 valence electrons. The molecule has 2 rings (SSSR count). The summed E-state index contributed by atoms with van der Waals surface area (Å²) in [7, 11) is 1.63. The average molecular weight is 341 g/mol. The van der Waals surface area contributed by atoms with Gasteiger partial charge in [0.2, 0.25) is 5.91 Å². The molecule has 2 aromatic rings. The maximum atomic E-state index is 12.3. The van der Waals surface area contributed by atoms with Crippen molar-refractivity contribution in [1.29, 1.82) is 0 Å². The number of amides is 1. The Bertz CT molecular complexity index is 570. The molecule has 1 amide bonds. The van der Waals surface area contributed by atoms with Crippen LogP contribution in [0.4, 0.5) is 0 Å². The predicted molar refractivity (Wildman–Crippen MR) is 80.0 cm³/mol. The molecule has 0 radical (unpaired) electrons. The van der Waals surface area contributed by atoms with Crippen LogP contribution in [0.25, 0.3) is 11.0 Å². The van der Waals surface area contributed by atoms with Gasteiger partial charge in [-0.2, -0.15) is 0 Å². The van der Waals surface area contributed by atoms with Crippen LogP contribution in [-0.4, -0.2) is 48.1 Å². The second-order valence-electron chi connectivity index (χ2n) is 4.36. The quantitative estimate of drug-likeness (QED) is 0.725. The number of benzene rings is 1. The zero-order valence-electron chi connectivity index (χ0n) is 11.3. The summed E-state index contributed by atoms with van der Waals surface area (Å²) < 4.78 is 10.2. The van der Waals surface area contributed by atoms with Gasteiger partial charge in [-0.05, 0) is 12.1 Å². The number of ether oxygens (including phenoxy) is 1. The van der Waals surface area contributed by atoms with Crippen molar-refractivity contribution in [2.75, 3.05) is 32.1 Å². The van der Waals surface area contributed by atoms with Crippen molar-refractivity contribution in [3.63, 3.8) is 0 Å². The fourth-order valence-corrected chi connectivity index (χ4v) is 2.41. The van der Waals surface area contributed by atoms with Crippen molar-refractivity contribution in [2.45, 2.75) is 6.42 Å². The van der Waals surface area contributed by atoms with E-state index < -0.39 is 0 Å². The third kappa shape index (κ3) is 3.58. The minimum absolute atomic E-state index is 0.0283. The van der Waals surface area contributed by atoms with Crippen LogP contribution in [0.5, 0.6) is 0 Å². The second-order valence-corrected chi connectivity index (χ2v) is 5.16. The molecule has 1 aromatic carbocycles. The summed E-state index contributed by atoms with van der Waals surface area (Å²) in [4.78, 5) is 14.1. The standard InChI is InChI=1S/C14H17BrN2O3/c1-19-9-8-17(7-6-15)14(18)10-12-11-4-2-3-5-13(11)20-16-12/h2-5H,6-10H2,1H3. The lowest BCUT2D eigenvalue weighted by Crippen LogP contribution is -2.36.